The molecular weight excluding hydrogens is 360 g/mol. The Labute approximate surface area is 175 Å². The van der Waals surface area contributed by atoms with Crippen LogP contribution in [-0.2, 0) is 4.79 Å². The summed E-state index contributed by atoms with van der Waals surface area (Å²) in [6, 6.07) is 15.6. The lowest BCUT2D eigenvalue weighted by atomic mass is 10.1. The van der Waals surface area contributed by atoms with Gasteiger partial charge in [-0.1, -0.05) is 81.5 Å². The largest absolute Gasteiger partial charge is 0.494 e. The van der Waals surface area contributed by atoms with Crippen molar-refractivity contribution in [2.75, 3.05) is 6.61 Å². The lowest BCUT2D eigenvalue weighted by Gasteiger charge is -2.08. The molecule has 0 bridgehead atoms. The first-order valence-corrected chi connectivity index (χ1v) is 10.6. The fourth-order valence-electron chi connectivity index (χ4n) is 2.93. The van der Waals surface area contributed by atoms with Crippen molar-refractivity contribution in [3.05, 3.63) is 72.8 Å². The van der Waals surface area contributed by atoms with Crippen LogP contribution < -0.4 is 9.47 Å². The smallest absolute Gasteiger partial charge is 0.336 e. The number of rotatable bonds is 12. The lowest BCUT2D eigenvalue weighted by Crippen LogP contribution is -2.03. The van der Waals surface area contributed by atoms with Crippen LogP contribution in [-0.4, -0.2) is 12.6 Å². The summed E-state index contributed by atoms with van der Waals surface area (Å²) < 4.78 is 11.1. The minimum Gasteiger partial charge on any atom is -0.494 e. The summed E-state index contributed by atoms with van der Waals surface area (Å²) in [5.41, 5.74) is 2.17. The van der Waals surface area contributed by atoms with Gasteiger partial charge in [0, 0.05) is 6.08 Å². The van der Waals surface area contributed by atoms with Crippen molar-refractivity contribution in [3.63, 3.8) is 0 Å². The molecule has 0 aromatic heterocycles. The van der Waals surface area contributed by atoms with Gasteiger partial charge in [-0.15, -0.1) is 0 Å². The highest BCUT2D eigenvalue weighted by molar-refractivity contribution is 5.84. The average Bonchev–Trinajstić information content (AvgIpc) is 2.74. The van der Waals surface area contributed by atoms with Crippen molar-refractivity contribution in [3.8, 4) is 22.6 Å². The third kappa shape index (κ3) is 8.82. The van der Waals surface area contributed by atoms with Crippen molar-refractivity contribution in [2.24, 2.45) is 0 Å². The second-order valence-corrected chi connectivity index (χ2v) is 6.97. The van der Waals surface area contributed by atoms with Crippen molar-refractivity contribution < 1.29 is 14.3 Å². The van der Waals surface area contributed by atoms with E-state index in [1.165, 1.54) is 38.2 Å². The van der Waals surface area contributed by atoms with Crippen LogP contribution in [0.1, 0.15) is 52.4 Å². The maximum Gasteiger partial charge on any atom is 0.336 e. The second-order valence-electron chi connectivity index (χ2n) is 6.97. The molecule has 2 aromatic carbocycles. The van der Waals surface area contributed by atoms with Crippen molar-refractivity contribution in [1.29, 1.82) is 0 Å². The van der Waals surface area contributed by atoms with Gasteiger partial charge in [-0.3, -0.25) is 0 Å². The molecule has 0 saturated heterocycles. The van der Waals surface area contributed by atoms with Gasteiger partial charge in [0.15, 0.2) is 0 Å². The third-order valence-electron chi connectivity index (χ3n) is 4.56. The Balaban J connectivity index is 1.79. The normalized spacial score (nSPS) is 11.2. The molecule has 2 rings (SSSR count). The van der Waals surface area contributed by atoms with E-state index in [1.807, 2.05) is 37.3 Å². The highest BCUT2D eigenvalue weighted by Gasteiger charge is 2.03. The summed E-state index contributed by atoms with van der Waals surface area (Å²) in [6.07, 6.45) is 14.3. The Morgan fingerprint density at radius 3 is 2.00 bits per heavy atom. The number of benzene rings is 2. The van der Waals surface area contributed by atoms with Crippen LogP contribution in [0, 0.1) is 0 Å². The minimum absolute atomic E-state index is 0.386. The standard InChI is InChI=1S/C26H32O3/c1-3-5-7-8-9-11-21-28-24-17-13-22(14-18-24)23-15-19-25(20-16-23)29-26(27)12-10-6-4-2/h4,6,10,12-20H,3,5,7-9,11,21H2,1-2H3. The van der Waals surface area contributed by atoms with E-state index in [4.69, 9.17) is 9.47 Å². The molecule has 0 aliphatic rings. The van der Waals surface area contributed by atoms with Gasteiger partial charge in [-0.25, -0.2) is 4.79 Å². The Hall–Kier alpha value is -2.81. The SMILES string of the molecule is CC=CC=CC(=O)Oc1ccc(-c2ccc(OCCCCCCCC)cc2)cc1. The Bertz CT molecular complexity index is 771. The molecule has 0 aliphatic heterocycles. The number of unbranched alkanes of at least 4 members (excludes halogenated alkanes) is 5. The van der Waals surface area contributed by atoms with Crippen molar-refractivity contribution in [1.82, 2.24) is 0 Å². The predicted molar refractivity (Wildman–Crippen MR) is 120 cm³/mol. The Kier molecular flexibility index (Phi) is 10.4. The predicted octanol–water partition coefficient (Wildman–Crippen LogP) is 7.13. The summed E-state index contributed by atoms with van der Waals surface area (Å²) in [5, 5.41) is 0. The molecule has 0 saturated carbocycles. The van der Waals surface area contributed by atoms with Gasteiger partial charge in [0.1, 0.15) is 11.5 Å². The topological polar surface area (TPSA) is 35.5 Å². The number of carbonyl (C=O) groups excluding carboxylic acids is 1. The van der Waals surface area contributed by atoms with Gasteiger partial charge >= 0.3 is 5.97 Å². The molecule has 0 N–H and O–H groups in total. The number of allylic oxidation sites excluding steroid dienone is 3. The van der Waals surface area contributed by atoms with Gasteiger partial charge in [0.2, 0.25) is 0 Å². The third-order valence-corrected chi connectivity index (χ3v) is 4.56. The molecule has 0 unspecified atom stereocenters. The van der Waals surface area contributed by atoms with E-state index >= 15 is 0 Å². The van der Waals surface area contributed by atoms with E-state index in [0.717, 1.165) is 29.9 Å². The first kappa shape index (κ1) is 22.5. The van der Waals surface area contributed by atoms with Gasteiger partial charge in [0.25, 0.3) is 0 Å². The molecule has 0 amide bonds. The maximum atomic E-state index is 11.7. The zero-order valence-electron chi connectivity index (χ0n) is 17.6. The monoisotopic (exact) mass is 392 g/mol. The van der Waals surface area contributed by atoms with Crippen LogP contribution in [0.15, 0.2) is 72.8 Å². The van der Waals surface area contributed by atoms with E-state index in [9.17, 15) is 4.79 Å². The molecule has 2 aromatic rings. The van der Waals surface area contributed by atoms with E-state index in [-0.39, 0.29) is 5.97 Å². The Morgan fingerprint density at radius 1 is 0.793 bits per heavy atom. The van der Waals surface area contributed by atoms with Crippen LogP contribution >= 0.6 is 0 Å². The summed E-state index contributed by atoms with van der Waals surface area (Å²) in [6.45, 7) is 4.90. The molecule has 0 heterocycles. The molecule has 154 valence electrons. The first-order chi connectivity index (χ1) is 14.2. The van der Waals surface area contributed by atoms with Crippen molar-refractivity contribution in [2.45, 2.75) is 52.4 Å². The number of hydrogen-bond acceptors (Lipinski definition) is 3. The van der Waals surface area contributed by atoms with E-state index < -0.39 is 0 Å². The zero-order chi connectivity index (χ0) is 20.7. The quantitative estimate of drug-likeness (QED) is 0.127. The van der Waals surface area contributed by atoms with E-state index in [2.05, 4.69) is 19.1 Å². The second kappa shape index (κ2) is 13.4. The maximum absolute atomic E-state index is 11.7. The zero-order valence-corrected chi connectivity index (χ0v) is 17.6. The van der Waals surface area contributed by atoms with Crippen LogP contribution in [0.2, 0.25) is 0 Å². The molecule has 0 fully saturated rings. The number of carbonyl (C=O) groups is 1. The molecule has 0 atom stereocenters. The highest BCUT2D eigenvalue weighted by atomic mass is 16.5. The van der Waals surface area contributed by atoms with Crippen LogP contribution in [0.3, 0.4) is 0 Å². The number of esters is 1. The summed E-state index contributed by atoms with van der Waals surface area (Å²) in [4.78, 5) is 11.7. The average molecular weight is 393 g/mol. The van der Waals surface area contributed by atoms with Crippen LogP contribution in [0.4, 0.5) is 0 Å². The molecular formula is C26H32O3. The fraction of sp³-hybridized carbons (Fsp3) is 0.346. The van der Waals surface area contributed by atoms with E-state index in [0.29, 0.717) is 5.75 Å². The Morgan fingerprint density at radius 2 is 1.38 bits per heavy atom. The molecule has 0 radical (unpaired) electrons. The van der Waals surface area contributed by atoms with Gasteiger partial charge in [0.05, 0.1) is 6.61 Å². The van der Waals surface area contributed by atoms with E-state index in [1.54, 1.807) is 24.3 Å². The number of hydrogen-bond donors (Lipinski definition) is 0. The molecule has 3 heteroatoms. The lowest BCUT2D eigenvalue weighted by molar-refractivity contribution is -0.128. The molecule has 0 spiro atoms. The van der Waals surface area contributed by atoms with Gasteiger partial charge in [-0.2, -0.15) is 0 Å². The van der Waals surface area contributed by atoms with Crippen LogP contribution in [0.5, 0.6) is 11.5 Å². The van der Waals surface area contributed by atoms with Gasteiger partial charge < -0.3 is 9.47 Å². The van der Waals surface area contributed by atoms with Gasteiger partial charge in [-0.05, 0) is 48.7 Å². The van der Waals surface area contributed by atoms with Crippen LogP contribution in [0.25, 0.3) is 11.1 Å². The summed E-state index contributed by atoms with van der Waals surface area (Å²) in [5.74, 6) is 1.05. The highest BCUT2D eigenvalue weighted by Crippen LogP contribution is 2.25. The molecule has 29 heavy (non-hydrogen) atoms. The molecule has 3 nitrogen and oxygen atoms in total. The minimum atomic E-state index is -0.386. The molecule has 0 aliphatic carbocycles. The first-order valence-electron chi connectivity index (χ1n) is 10.6. The summed E-state index contributed by atoms with van der Waals surface area (Å²) >= 11 is 0. The number of ether oxygens (including phenoxy) is 2. The summed E-state index contributed by atoms with van der Waals surface area (Å²) in [7, 11) is 0. The van der Waals surface area contributed by atoms with Crippen molar-refractivity contribution >= 4 is 5.97 Å². The fourth-order valence-corrected chi connectivity index (χ4v) is 2.93.